The number of amides is 6. The third kappa shape index (κ3) is 13.8. The monoisotopic (exact) mass is 1570 g/mol. The van der Waals surface area contributed by atoms with Gasteiger partial charge in [0.1, 0.15) is 80.4 Å². The standard InChI is InChI=1S/C100H92N4O14/c1-15-111-47-45-101-91(105)89(55-25-43-67-65-21-17-19-23-73(65)117-75(67)49-55)103-93(107)69-51-77(113-61-35-27-57(28-36-61)97(3,4)5)83-85-79(115-63-39-31-59(32-40-63)99(9,10)11)53-71-82-72(96(110)104(95(71)109)90(92(106)102-46-48-112-16-2)56-26-44-68-66-22-18-20-24-74(66)118-76(68)50-56)54-80(116-64-41-33-60(34-42-64)100(12,13)14)86(88(82)85)84-78(52-70(94(103)108)81(69)87(83)84)114-62-37-29-58(30-38-62)98(6,7)8/h17-44,49-54,89-90H,15-16,45-48H2,1-14H3,(H,101,105)(H,102,106). The molecule has 0 radical (unpaired) electrons. The second kappa shape index (κ2) is 29.7. The normalized spacial score (nSPS) is 14.0. The van der Waals surface area contributed by atoms with Crippen LogP contribution in [0.5, 0.6) is 46.0 Å². The highest BCUT2D eigenvalue weighted by Crippen LogP contribution is 2.59. The van der Waals surface area contributed by atoms with Gasteiger partial charge in [-0.2, -0.15) is 0 Å². The largest absolute Gasteiger partial charge is 0.457 e. The van der Waals surface area contributed by atoms with Gasteiger partial charge in [-0.1, -0.05) is 192 Å². The molecular formula is C100H92N4O14. The molecule has 0 spiro atoms. The molecule has 18 nitrogen and oxygen atoms in total. The molecule has 596 valence electrons. The number of para-hydroxylation sites is 2. The Kier molecular flexibility index (Phi) is 19.5. The minimum atomic E-state index is -1.63. The number of nitrogens with one attached hydrogen (secondary N) is 2. The minimum absolute atomic E-state index is 0.0316. The molecule has 18 heteroatoms. The first-order chi connectivity index (χ1) is 56.4. The first-order valence-electron chi connectivity index (χ1n) is 40.2. The molecule has 0 saturated heterocycles. The molecule has 2 atom stereocenters. The highest BCUT2D eigenvalue weighted by Gasteiger charge is 2.48. The van der Waals surface area contributed by atoms with Crippen LogP contribution in [-0.4, -0.2) is 84.8 Å². The van der Waals surface area contributed by atoms with E-state index in [1.54, 1.807) is 48.5 Å². The van der Waals surface area contributed by atoms with Crippen LogP contribution in [0.25, 0.3) is 87.0 Å². The smallest absolute Gasteiger partial charge is 0.262 e. The van der Waals surface area contributed by atoms with Gasteiger partial charge in [0.05, 0.1) is 35.5 Å². The molecule has 17 rings (SSSR count). The van der Waals surface area contributed by atoms with Crippen molar-refractivity contribution in [2.24, 2.45) is 0 Å². The SMILES string of the molecule is CCOCCNC(=O)C(c1ccc2c(c1)oc1ccccc12)N1C(=O)c2cc(Oc3ccc(C(C)(C)C)cc3)c3c4c(Oc5ccc(C(C)(C)C)cc5)cc5c6c(cc(Oc7ccc(C(C)(C)C)cc7)c(c7c(Oc8ccc(C(C)(C)C)cc8)cc(c2c37)C1=O)c64)C(=O)N(C(C(=O)NCCOCC)c1ccc2c(c1)oc1ccccc12)C5=O. The number of nitrogens with zero attached hydrogens (tertiary/aromatic N) is 2. The van der Waals surface area contributed by atoms with Gasteiger partial charge in [0.2, 0.25) is 11.8 Å². The molecule has 0 fully saturated rings. The second-order valence-corrected chi connectivity index (χ2v) is 34.6. The minimum Gasteiger partial charge on any atom is -0.457 e. The van der Waals surface area contributed by atoms with E-state index in [9.17, 15) is 0 Å². The molecular weight excluding hydrogens is 1480 g/mol. The Morgan fingerprint density at radius 3 is 0.873 bits per heavy atom. The number of hydrogen-bond donors (Lipinski definition) is 2. The molecule has 2 N–H and O–H groups in total. The summed E-state index contributed by atoms with van der Waals surface area (Å²) in [5.41, 5.74) is 5.30. The third-order valence-corrected chi connectivity index (χ3v) is 22.7. The predicted molar refractivity (Wildman–Crippen MR) is 461 cm³/mol. The second-order valence-electron chi connectivity index (χ2n) is 34.6. The van der Waals surface area contributed by atoms with Gasteiger partial charge < -0.3 is 47.9 Å². The van der Waals surface area contributed by atoms with Crippen molar-refractivity contribution in [3.05, 3.63) is 262 Å². The fourth-order valence-electron chi connectivity index (χ4n) is 16.6. The van der Waals surface area contributed by atoms with E-state index in [4.69, 9.17) is 37.3 Å². The van der Waals surface area contributed by atoms with E-state index >= 15 is 28.8 Å². The van der Waals surface area contributed by atoms with Crippen LogP contribution in [0.4, 0.5) is 0 Å². The lowest BCUT2D eigenvalue weighted by Crippen LogP contribution is -2.49. The van der Waals surface area contributed by atoms with E-state index in [0.717, 1.165) is 53.6 Å². The van der Waals surface area contributed by atoms with Gasteiger partial charge in [0, 0.05) is 90.9 Å². The van der Waals surface area contributed by atoms with E-state index in [-0.39, 0.29) is 147 Å². The number of benzene rings is 13. The van der Waals surface area contributed by atoms with Gasteiger partial charge in [-0.05, 0) is 166 Å². The van der Waals surface area contributed by atoms with Crippen molar-refractivity contribution in [2.45, 2.75) is 131 Å². The molecule has 6 amide bonds. The van der Waals surface area contributed by atoms with E-state index < -0.39 is 47.5 Å². The first kappa shape index (κ1) is 77.7. The van der Waals surface area contributed by atoms with E-state index in [1.807, 2.05) is 172 Å². The number of furan rings is 2. The van der Waals surface area contributed by atoms with Gasteiger partial charge in [0.15, 0.2) is 0 Å². The molecule has 15 aromatic rings. The topological polar surface area (TPSA) is 215 Å². The quantitative estimate of drug-likeness (QED) is 0.0280. The number of rotatable bonds is 22. The van der Waals surface area contributed by atoms with Crippen LogP contribution in [0.3, 0.4) is 0 Å². The zero-order chi connectivity index (χ0) is 82.8. The Balaban J connectivity index is 1.01. The van der Waals surface area contributed by atoms with Gasteiger partial charge >= 0.3 is 0 Å². The number of ether oxygens (including phenoxy) is 6. The third-order valence-electron chi connectivity index (χ3n) is 22.7. The fraction of sp³-hybridized carbons (Fsp3) is 0.260. The Morgan fingerprint density at radius 2 is 0.602 bits per heavy atom. The summed E-state index contributed by atoms with van der Waals surface area (Å²) in [4.78, 5) is 101. The number of imide groups is 2. The van der Waals surface area contributed by atoms with Crippen LogP contribution in [0.15, 0.2) is 215 Å². The van der Waals surface area contributed by atoms with Crippen molar-refractivity contribution in [3.8, 4) is 46.0 Å². The van der Waals surface area contributed by atoms with Crippen molar-refractivity contribution in [1.29, 1.82) is 0 Å². The van der Waals surface area contributed by atoms with Crippen molar-refractivity contribution >= 4 is 122 Å². The fourth-order valence-corrected chi connectivity index (χ4v) is 16.6. The maximum absolute atomic E-state index is 17.0. The zero-order valence-corrected chi connectivity index (χ0v) is 68.6. The number of carbonyl (C=O) groups excluding carboxylic acids is 6. The maximum Gasteiger partial charge on any atom is 0.262 e. The molecule has 13 aromatic carbocycles. The molecule has 118 heavy (non-hydrogen) atoms. The summed E-state index contributed by atoms with van der Waals surface area (Å²) >= 11 is 0. The van der Waals surface area contributed by atoms with Crippen LogP contribution in [0, 0.1) is 0 Å². The molecule has 0 bridgehead atoms. The van der Waals surface area contributed by atoms with Crippen LogP contribution in [0.1, 0.15) is 184 Å². The number of carbonyl (C=O) groups is 6. The van der Waals surface area contributed by atoms with Gasteiger partial charge in [-0.25, -0.2) is 0 Å². The average molecular weight is 1570 g/mol. The molecule has 0 saturated carbocycles. The van der Waals surface area contributed by atoms with Crippen molar-refractivity contribution in [1.82, 2.24) is 20.4 Å². The van der Waals surface area contributed by atoms with Crippen LogP contribution < -0.4 is 29.6 Å². The van der Waals surface area contributed by atoms with Gasteiger partial charge in [-0.15, -0.1) is 0 Å². The molecule has 0 aliphatic carbocycles. The summed E-state index contributed by atoms with van der Waals surface area (Å²) in [6.45, 7) is 30.1. The molecule has 4 heterocycles. The highest BCUT2D eigenvalue weighted by molar-refractivity contribution is 6.45. The molecule has 2 aliphatic rings. The zero-order valence-electron chi connectivity index (χ0n) is 68.6. The summed E-state index contributed by atoms with van der Waals surface area (Å²) in [6, 6.07) is 59.4. The lowest BCUT2D eigenvalue weighted by atomic mass is 9.80. The molecule has 2 unspecified atom stereocenters. The Bertz CT molecular complexity index is 5940. The van der Waals surface area contributed by atoms with Crippen molar-refractivity contribution < 1.29 is 66.0 Å². The lowest BCUT2D eigenvalue weighted by molar-refractivity contribution is -0.126. The van der Waals surface area contributed by atoms with Crippen molar-refractivity contribution in [2.75, 3.05) is 39.5 Å². The summed E-state index contributed by atoms with van der Waals surface area (Å²) in [5.74, 6) is -3.13. The Labute approximate surface area is 683 Å². The molecule has 2 aliphatic heterocycles. The van der Waals surface area contributed by atoms with E-state index in [1.165, 1.54) is 0 Å². The molecule has 2 aromatic heterocycles. The van der Waals surface area contributed by atoms with E-state index in [0.29, 0.717) is 58.5 Å². The van der Waals surface area contributed by atoms with Crippen LogP contribution >= 0.6 is 0 Å². The van der Waals surface area contributed by atoms with Crippen LogP contribution in [-0.2, 0) is 40.7 Å². The summed E-state index contributed by atoms with van der Waals surface area (Å²) < 4.78 is 54.3. The van der Waals surface area contributed by atoms with E-state index in [2.05, 4.69) is 93.7 Å². The lowest BCUT2D eigenvalue weighted by Gasteiger charge is -2.36. The van der Waals surface area contributed by atoms with Gasteiger partial charge in [-0.3, -0.25) is 38.6 Å². The highest BCUT2D eigenvalue weighted by atomic mass is 16.5. The maximum atomic E-state index is 17.0. The number of hydrogen-bond acceptors (Lipinski definition) is 14. The number of fused-ring (bicyclic) bond motifs is 8. The predicted octanol–water partition coefficient (Wildman–Crippen LogP) is 22.9. The van der Waals surface area contributed by atoms with Crippen molar-refractivity contribution in [3.63, 3.8) is 0 Å². The Morgan fingerprint density at radius 1 is 0.331 bits per heavy atom. The summed E-state index contributed by atoms with van der Waals surface area (Å²) in [7, 11) is 0. The summed E-state index contributed by atoms with van der Waals surface area (Å²) in [6.07, 6.45) is 0. The summed E-state index contributed by atoms with van der Waals surface area (Å²) in [5, 5.41) is 11.1. The van der Waals surface area contributed by atoms with Gasteiger partial charge in [0.25, 0.3) is 23.6 Å². The van der Waals surface area contributed by atoms with Crippen LogP contribution in [0.2, 0.25) is 0 Å². The first-order valence-corrected chi connectivity index (χ1v) is 40.2. The average Bonchev–Trinajstić information content (AvgIpc) is 0.819. The Hall–Kier alpha value is -12.9.